The molecule has 0 aliphatic carbocycles. The van der Waals surface area contributed by atoms with Crippen LogP contribution < -0.4 is 0 Å². The monoisotopic (exact) mass is 1150 g/mol. The summed E-state index contributed by atoms with van der Waals surface area (Å²) in [5.41, 5.74) is 0. The zero-order valence-electron chi connectivity index (χ0n) is 55.5. The van der Waals surface area contributed by atoms with Crippen LogP contribution in [0.15, 0.2) is 36.5 Å². The number of allylic oxidation sites excluding steroid dienone is 6. The Bertz CT molecular complexity index is 1370. The van der Waals surface area contributed by atoms with E-state index in [4.69, 9.17) is 14.2 Å². The lowest BCUT2D eigenvalue weighted by atomic mass is 10.0. The average molecular weight is 1150 g/mol. The van der Waals surface area contributed by atoms with E-state index in [0.29, 0.717) is 19.3 Å². The predicted molar refractivity (Wildman–Crippen MR) is 358 cm³/mol. The predicted octanol–water partition coefficient (Wildman–Crippen LogP) is 25.5. The van der Waals surface area contributed by atoms with Gasteiger partial charge in [0.2, 0.25) is 0 Å². The van der Waals surface area contributed by atoms with Crippen LogP contribution in [0, 0.1) is 0 Å². The van der Waals surface area contributed by atoms with Gasteiger partial charge in [-0.25, -0.2) is 0 Å². The summed E-state index contributed by atoms with van der Waals surface area (Å²) in [6, 6.07) is 0. The molecule has 0 saturated carbocycles. The standard InChI is InChI=1S/C76H142O6/c1-4-7-10-13-16-19-22-25-28-30-32-34-35-36-37-38-39-40-42-43-45-48-51-54-57-60-63-66-69-75(78)81-72-73(71-80-74(77)68-65-62-59-56-53-50-47-27-24-21-18-15-12-9-6-3)82-76(79)70-67-64-61-58-55-52-49-46-44-41-33-31-29-26-23-20-17-14-11-8-5-2/h18,21,27,31,33,47,73H,4-17,19-20,22-26,28-30,32,34-46,48-72H2,1-3H3/b21-18-,33-31-,47-27-. The Kier molecular flexibility index (Phi) is 69.1. The maximum absolute atomic E-state index is 13.0. The van der Waals surface area contributed by atoms with E-state index < -0.39 is 6.10 Å². The Morgan fingerprint density at radius 2 is 0.439 bits per heavy atom. The Morgan fingerprint density at radius 3 is 0.707 bits per heavy atom. The number of carbonyl (C=O) groups excluding carboxylic acids is 3. The molecule has 482 valence electrons. The highest BCUT2D eigenvalue weighted by Crippen LogP contribution is 2.19. The zero-order chi connectivity index (χ0) is 59.2. The first-order valence-electron chi connectivity index (χ1n) is 37.0. The van der Waals surface area contributed by atoms with Crippen molar-refractivity contribution in [3.8, 4) is 0 Å². The number of ether oxygens (including phenoxy) is 3. The van der Waals surface area contributed by atoms with Crippen molar-refractivity contribution in [1.29, 1.82) is 0 Å². The van der Waals surface area contributed by atoms with Gasteiger partial charge in [-0.3, -0.25) is 14.4 Å². The van der Waals surface area contributed by atoms with E-state index in [9.17, 15) is 14.4 Å². The molecular formula is C76H142O6. The van der Waals surface area contributed by atoms with E-state index >= 15 is 0 Å². The largest absolute Gasteiger partial charge is 0.462 e. The smallest absolute Gasteiger partial charge is 0.306 e. The van der Waals surface area contributed by atoms with E-state index in [-0.39, 0.29) is 31.1 Å². The van der Waals surface area contributed by atoms with E-state index in [2.05, 4.69) is 57.2 Å². The van der Waals surface area contributed by atoms with Crippen LogP contribution in [0.2, 0.25) is 0 Å². The van der Waals surface area contributed by atoms with Gasteiger partial charge in [0.05, 0.1) is 0 Å². The second-order valence-electron chi connectivity index (χ2n) is 25.2. The first-order chi connectivity index (χ1) is 40.5. The lowest BCUT2D eigenvalue weighted by molar-refractivity contribution is -0.167. The highest BCUT2D eigenvalue weighted by molar-refractivity contribution is 5.71. The molecule has 0 bridgehead atoms. The van der Waals surface area contributed by atoms with Gasteiger partial charge in [-0.15, -0.1) is 0 Å². The van der Waals surface area contributed by atoms with E-state index in [1.54, 1.807) is 0 Å². The summed E-state index contributed by atoms with van der Waals surface area (Å²) < 4.78 is 17.0. The molecule has 0 spiro atoms. The molecule has 0 aromatic heterocycles. The Hall–Kier alpha value is -2.37. The van der Waals surface area contributed by atoms with Gasteiger partial charge in [0.1, 0.15) is 13.2 Å². The molecule has 0 N–H and O–H groups in total. The molecule has 0 rings (SSSR count). The maximum Gasteiger partial charge on any atom is 0.306 e. The minimum Gasteiger partial charge on any atom is -0.462 e. The molecule has 0 heterocycles. The summed E-state index contributed by atoms with van der Waals surface area (Å²) in [5.74, 6) is -0.859. The summed E-state index contributed by atoms with van der Waals surface area (Å²) in [7, 11) is 0. The fourth-order valence-corrected chi connectivity index (χ4v) is 11.3. The fraction of sp³-hybridized carbons (Fsp3) is 0.882. The first-order valence-corrected chi connectivity index (χ1v) is 37.0. The third-order valence-electron chi connectivity index (χ3n) is 16.9. The van der Waals surface area contributed by atoms with Crippen LogP contribution in [0.1, 0.15) is 412 Å². The van der Waals surface area contributed by atoms with Gasteiger partial charge in [0.25, 0.3) is 0 Å². The molecule has 0 radical (unpaired) electrons. The van der Waals surface area contributed by atoms with E-state index in [1.165, 1.54) is 295 Å². The number of unbranched alkanes of at least 4 members (excludes halogenated alkanes) is 52. The summed E-state index contributed by atoms with van der Waals surface area (Å²) in [6.07, 6.45) is 89.0. The van der Waals surface area contributed by atoms with Gasteiger partial charge in [-0.05, 0) is 77.0 Å². The topological polar surface area (TPSA) is 78.9 Å². The van der Waals surface area contributed by atoms with Crippen molar-refractivity contribution in [2.75, 3.05) is 13.2 Å². The van der Waals surface area contributed by atoms with Crippen LogP contribution in [-0.4, -0.2) is 37.2 Å². The van der Waals surface area contributed by atoms with Crippen LogP contribution in [0.3, 0.4) is 0 Å². The quantitative estimate of drug-likeness (QED) is 0.0261. The van der Waals surface area contributed by atoms with Crippen LogP contribution >= 0.6 is 0 Å². The van der Waals surface area contributed by atoms with Gasteiger partial charge in [0, 0.05) is 19.3 Å². The molecule has 0 aromatic carbocycles. The van der Waals surface area contributed by atoms with Crippen molar-refractivity contribution in [3.63, 3.8) is 0 Å². The van der Waals surface area contributed by atoms with Crippen molar-refractivity contribution in [2.24, 2.45) is 0 Å². The lowest BCUT2D eigenvalue weighted by Gasteiger charge is -2.18. The fourth-order valence-electron chi connectivity index (χ4n) is 11.3. The Labute approximate surface area is 512 Å². The van der Waals surface area contributed by atoms with Gasteiger partial charge in [0.15, 0.2) is 6.10 Å². The number of esters is 3. The van der Waals surface area contributed by atoms with Crippen molar-refractivity contribution in [1.82, 2.24) is 0 Å². The normalized spacial score (nSPS) is 12.2. The van der Waals surface area contributed by atoms with Crippen LogP contribution in [0.4, 0.5) is 0 Å². The maximum atomic E-state index is 13.0. The SMILES string of the molecule is CCCCC/C=C\C/C=C\CCCCCCCC(=O)OCC(COC(=O)CCCCCCCCCCCCCCCCCCCCCCCCCCCCCC)OC(=O)CCCCCCCCCCC/C=C\CCCCCCCCCC. The third-order valence-corrected chi connectivity index (χ3v) is 16.9. The van der Waals surface area contributed by atoms with E-state index in [1.807, 2.05) is 0 Å². The molecule has 6 nitrogen and oxygen atoms in total. The Morgan fingerprint density at radius 1 is 0.244 bits per heavy atom. The minimum atomic E-state index is -0.779. The van der Waals surface area contributed by atoms with Crippen molar-refractivity contribution in [3.05, 3.63) is 36.5 Å². The third kappa shape index (κ3) is 68.4. The lowest BCUT2D eigenvalue weighted by Crippen LogP contribution is -2.30. The van der Waals surface area contributed by atoms with E-state index in [0.717, 1.165) is 77.0 Å². The summed E-state index contributed by atoms with van der Waals surface area (Å²) in [4.78, 5) is 38.5. The van der Waals surface area contributed by atoms with Gasteiger partial charge in [-0.1, -0.05) is 353 Å². The molecule has 1 unspecified atom stereocenters. The average Bonchev–Trinajstić information content (AvgIpc) is 3.47. The van der Waals surface area contributed by atoms with Crippen molar-refractivity contribution < 1.29 is 28.6 Å². The summed E-state index contributed by atoms with van der Waals surface area (Å²) in [5, 5.41) is 0. The van der Waals surface area contributed by atoms with Crippen LogP contribution in [0.5, 0.6) is 0 Å². The van der Waals surface area contributed by atoms with Crippen molar-refractivity contribution in [2.45, 2.75) is 419 Å². The number of carbonyl (C=O) groups is 3. The molecular weight excluding hydrogens is 1010 g/mol. The molecule has 0 aromatic rings. The molecule has 0 amide bonds. The minimum absolute atomic E-state index is 0.0727. The molecule has 82 heavy (non-hydrogen) atoms. The molecule has 0 aliphatic rings. The second-order valence-corrected chi connectivity index (χ2v) is 25.2. The number of hydrogen-bond donors (Lipinski definition) is 0. The van der Waals surface area contributed by atoms with Crippen LogP contribution in [0.25, 0.3) is 0 Å². The van der Waals surface area contributed by atoms with Gasteiger partial charge < -0.3 is 14.2 Å². The molecule has 0 saturated heterocycles. The second kappa shape index (κ2) is 71.1. The molecule has 0 aliphatic heterocycles. The highest BCUT2D eigenvalue weighted by atomic mass is 16.6. The first kappa shape index (κ1) is 79.6. The Balaban J connectivity index is 4.23. The van der Waals surface area contributed by atoms with Crippen molar-refractivity contribution >= 4 is 17.9 Å². The van der Waals surface area contributed by atoms with Gasteiger partial charge >= 0.3 is 17.9 Å². The summed E-state index contributed by atoms with van der Waals surface area (Å²) >= 11 is 0. The number of rotatable bonds is 69. The summed E-state index contributed by atoms with van der Waals surface area (Å²) in [6.45, 7) is 6.68. The number of hydrogen-bond acceptors (Lipinski definition) is 6. The molecule has 6 heteroatoms. The molecule has 1 atom stereocenters. The zero-order valence-corrected chi connectivity index (χ0v) is 55.5. The van der Waals surface area contributed by atoms with Crippen LogP contribution in [-0.2, 0) is 28.6 Å². The van der Waals surface area contributed by atoms with Gasteiger partial charge in [-0.2, -0.15) is 0 Å². The highest BCUT2D eigenvalue weighted by Gasteiger charge is 2.19. The molecule has 0 fully saturated rings.